The van der Waals surface area contributed by atoms with Crippen molar-refractivity contribution in [2.45, 2.75) is 32.5 Å². The first-order valence-electron chi connectivity index (χ1n) is 6.83. The lowest BCUT2D eigenvalue weighted by atomic mass is 10.2. The number of aromatic nitrogens is 4. The SMILES string of the molecule is C[C@H]([C@@H](C)NCc1nc(-c2cccs2)no1)n1cccn1. The van der Waals surface area contributed by atoms with Gasteiger partial charge in [-0.05, 0) is 31.4 Å². The molecule has 110 valence electrons. The lowest BCUT2D eigenvalue weighted by Crippen LogP contribution is -2.33. The van der Waals surface area contributed by atoms with E-state index < -0.39 is 0 Å². The van der Waals surface area contributed by atoms with E-state index in [1.807, 2.05) is 34.5 Å². The van der Waals surface area contributed by atoms with Gasteiger partial charge in [-0.1, -0.05) is 11.2 Å². The molecule has 0 fully saturated rings. The fourth-order valence-electron chi connectivity index (χ4n) is 2.00. The summed E-state index contributed by atoms with van der Waals surface area (Å²) in [5.74, 6) is 1.24. The summed E-state index contributed by atoms with van der Waals surface area (Å²) < 4.78 is 7.20. The van der Waals surface area contributed by atoms with Crippen LogP contribution in [-0.2, 0) is 6.54 Å². The van der Waals surface area contributed by atoms with Gasteiger partial charge in [0.1, 0.15) is 0 Å². The van der Waals surface area contributed by atoms with E-state index in [9.17, 15) is 0 Å². The fraction of sp³-hybridized carbons (Fsp3) is 0.357. The van der Waals surface area contributed by atoms with Gasteiger partial charge < -0.3 is 9.84 Å². The van der Waals surface area contributed by atoms with Crippen LogP contribution in [-0.4, -0.2) is 26.0 Å². The third-order valence-corrected chi connectivity index (χ3v) is 4.32. The standard InChI is InChI=1S/C14H17N5OS/c1-10(11(2)19-7-4-6-16-19)15-9-13-17-14(18-20-13)12-5-3-8-21-12/h3-8,10-11,15H,9H2,1-2H3/t10-,11-/m1/s1. The Kier molecular flexibility index (Phi) is 4.12. The molecule has 6 nitrogen and oxygen atoms in total. The van der Waals surface area contributed by atoms with Crippen LogP contribution in [0.5, 0.6) is 0 Å². The van der Waals surface area contributed by atoms with E-state index in [1.165, 1.54) is 0 Å². The van der Waals surface area contributed by atoms with E-state index in [-0.39, 0.29) is 12.1 Å². The Morgan fingerprint density at radius 3 is 3.00 bits per heavy atom. The Hall–Kier alpha value is -1.99. The molecular formula is C14H17N5OS. The topological polar surface area (TPSA) is 68.8 Å². The third-order valence-electron chi connectivity index (χ3n) is 3.45. The first-order valence-corrected chi connectivity index (χ1v) is 7.71. The van der Waals surface area contributed by atoms with E-state index in [0.29, 0.717) is 18.3 Å². The van der Waals surface area contributed by atoms with Crippen LogP contribution in [0.25, 0.3) is 10.7 Å². The van der Waals surface area contributed by atoms with Crippen molar-refractivity contribution in [1.29, 1.82) is 0 Å². The Morgan fingerprint density at radius 2 is 2.29 bits per heavy atom. The van der Waals surface area contributed by atoms with Crippen LogP contribution >= 0.6 is 11.3 Å². The summed E-state index contributed by atoms with van der Waals surface area (Å²) in [5.41, 5.74) is 0. The second kappa shape index (κ2) is 6.19. The predicted octanol–water partition coefficient (Wildman–Crippen LogP) is 2.73. The van der Waals surface area contributed by atoms with Gasteiger partial charge in [0.15, 0.2) is 0 Å². The molecule has 3 aromatic heterocycles. The zero-order valence-electron chi connectivity index (χ0n) is 11.9. The first kappa shape index (κ1) is 14.0. The van der Waals surface area contributed by atoms with Crippen molar-refractivity contribution < 1.29 is 4.52 Å². The molecule has 3 aromatic rings. The van der Waals surface area contributed by atoms with E-state index in [0.717, 1.165) is 4.88 Å². The third kappa shape index (κ3) is 3.20. The van der Waals surface area contributed by atoms with E-state index in [4.69, 9.17) is 4.52 Å². The summed E-state index contributed by atoms with van der Waals surface area (Å²) in [6.07, 6.45) is 3.75. The monoisotopic (exact) mass is 303 g/mol. The first-order chi connectivity index (χ1) is 10.2. The summed E-state index contributed by atoms with van der Waals surface area (Å²) in [7, 11) is 0. The highest BCUT2D eigenvalue weighted by Crippen LogP contribution is 2.21. The van der Waals surface area contributed by atoms with Crippen molar-refractivity contribution in [1.82, 2.24) is 25.2 Å². The van der Waals surface area contributed by atoms with E-state index >= 15 is 0 Å². The normalized spacial score (nSPS) is 14.2. The molecule has 3 heterocycles. The highest BCUT2D eigenvalue weighted by Gasteiger charge is 2.15. The van der Waals surface area contributed by atoms with Crippen LogP contribution in [0.1, 0.15) is 25.8 Å². The number of nitrogens with zero attached hydrogens (tertiary/aromatic N) is 4. The van der Waals surface area contributed by atoms with Crippen molar-refractivity contribution in [3.63, 3.8) is 0 Å². The molecule has 0 spiro atoms. The summed E-state index contributed by atoms with van der Waals surface area (Å²) >= 11 is 1.60. The zero-order chi connectivity index (χ0) is 14.7. The van der Waals surface area contributed by atoms with Crippen LogP contribution in [0.2, 0.25) is 0 Å². The number of thiophene rings is 1. The average Bonchev–Trinajstić information content (AvgIpc) is 3.25. The maximum Gasteiger partial charge on any atom is 0.240 e. The molecule has 0 aliphatic carbocycles. The number of nitrogens with one attached hydrogen (secondary N) is 1. The van der Waals surface area contributed by atoms with E-state index in [1.54, 1.807) is 17.5 Å². The molecule has 7 heteroatoms. The molecule has 0 amide bonds. The van der Waals surface area contributed by atoms with Crippen LogP contribution in [0.3, 0.4) is 0 Å². The lowest BCUT2D eigenvalue weighted by Gasteiger charge is -2.20. The minimum absolute atomic E-state index is 0.238. The molecule has 0 aromatic carbocycles. The Bertz CT molecular complexity index is 661. The van der Waals surface area contributed by atoms with Gasteiger partial charge in [0, 0.05) is 18.4 Å². The maximum atomic E-state index is 5.27. The van der Waals surface area contributed by atoms with Crippen molar-refractivity contribution in [2.75, 3.05) is 0 Å². The van der Waals surface area contributed by atoms with Crippen molar-refractivity contribution >= 4 is 11.3 Å². The molecule has 2 atom stereocenters. The molecule has 21 heavy (non-hydrogen) atoms. The molecule has 0 bridgehead atoms. The maximum absolute atomic E-state index is 5.27. The zero-order valence-corrected chi connectivity index (χ0v) is 12.7. The van der Waals surface area contributed by atoms with Gasteiger partial charge in [-0.15, -0.1) is 11.3 Å². The van der Waals surface area contributed by atoms with Gasteiger partial charge in [0.05, 0.1) is 17.5 Å². The summed E-state index contributed by atoms with van der Waals surface area (Å²) in [6.45, 7) is 4.78. The molecular weight excluding hydrogens is 286 g/mol. The summed E-state index contributed by atoms with van der Waals surface area (Å²) in [4.78, 5) is 5.41. The lowest BCUT2D eigenvalue weighted by molar-refractivity contribution is 0.325. The number of hydrogen-bond donors (Lipinski definition) is 1. The molecule has 3 rings (SSSR count). The minimum Gasteiger partial charge on any atom is -0.338 e. The van der Waals surface area contributed by atoms with Crippen LogP contribution in [0.15, 0.2) is 40.5 Å². The Balaban J connectivity index is 1.58. The van der Waals surface area contributed by atoms with Gasteiger partial charge in [0.25, 0.3) is 0 Å². The van der Waals surface area contributed by atoms with Gasteiger partial charge >= 0.3 is 0 Å². The van der Waals surface area contributed by atoms with Crippen molar-refractivity contribution in [2.24, 2.45) is 0 Å². The largest absolute Gasteiger partial charge is 0.338 e. The molecule has 0 saturated heterocycles. The predicted molar refractivity (Wildman–Crippen MR) is 80.9 cm³/mol. The molecule has 0 unspecified atom stereocenters. The highest BCUT2D eigenvalue weighted by atomic mass is 32.1. The Labute approximate surface area is 126 Å². The van der Waals surface area contributed by atoms with Crippen LogP contribution in [0, 0.1) is 0 Å². The second-order valence-electron chi connectivity index (χ2n) is 4.89. The van der Waals surface area contributed by atoms with Crippen molar-refractivity contribution in [3.8, 4) is 10.7 Å². The minimum atomic E-state index is 0.238. The number of hydrogen-bond acceptors (Lipinski definition) is 6. The van der Waals surface area contributed by atoms with E-state index in [2.05, 4.69) is 34.4 Å². The fourth-order valence-corrected chi connectivity index (χ4v) is 2.65. The van der Waals surface area contributed by atoms with Crippen molar-refractivity contribution in [3.05, 3.63) is 41.9 Å². The smallest absolute Gasteiger partial charge is 0.240 e. The van der Waals surface area contributed by atoms with Gasteiger partial charge in [-0.2, -0.15) is 10.1 Å². The molecule has 0 saturated carbocycles. The van der Waals surface area contributed by atoms with Gasteiger partial charge in [-0.25, -0.2) is 0 Å². The van der Waals surface area contributed by atoms with Gasteiger partial charge in [0.2, 0.25) is 11.7 Å². The summed E-state index contributed by atoms with van der Waals surface area (Å²) in [5, 5.41) is 13.6. The quantitative estimate of drug-likeness (QED) is 0.758. The van der Waals surface area contributed by atoms with Crippen LogP contribution < -0.4 is 5.32 Å². The van der Waals surface area contributed by atoms with Gasteiger partial charge in [-0.3, -0.25) is 4.68 Å². The molecule has 0 radical (unpaired) electrons. The molecule has 0 aliphatic heterocycles. The highest BCUT2D eigenvalue weighted by molar-refractivity contribution is 7.13. The number of rotatable bonds is 6. The second-order valence-corrected chi connectivity index (χ2v) is 5.83. The Morgan fingerprint density at radius 1 is 1.38 bits per heavy atom. The molecule has 0 aliphatic rings. The summed E-state index contributed by atoms with van der Waals surface area (Å²) in [6, 6.07) is 6.37. The van der Waals surface area contributed by atoms with Crippen LogP contribution in [0.4, 0.5) is 0 Å². The molecule has 1 N–H and O–H groups in total. The average molecular weight is 303 g/mol.